The Morgan fingerprint density at radius 1 is 1.36 bits per heavy atom. The molecule has 1 aliphatic carbocycles. The number of nitrogens with zero attached hydrogens (tertiary/aromatic N) is 1. The van der Waals surface area contributed by atoms with Gasteiger partial charge < -0.3 is 10.4 Å². The van der Waals surface area contributed by atoms with Crippen molar-refractivity contribution in [1.29, 1.82) is 0 Å². The Bertz CT molecular complexity index is 562. The van der Waals surface area contributed by atoms with Crippen LogP contribution in [0.5, 0.6) is 0 Å². The number of hydrogen-bond acceptors (Lipinski definition) is 4. The van der Waals surface area contributed by atoms with Crippen molar-refractivity contribution < 1.29 is 14.7 Å². The van der Waals surface area contributed by atoms with E-state index >= 15 is 0 Å². The normalized spacial score (nSPS) is 18.7. The number of aromatic carboxylic acids is 1. The fraction of sp³-hybridized carbons (Fsp3) is 0.688. The van der Waals surface area contributed by atoms with Gasteiger partial charge in [-0.3, -0.25) is 4.79 Å². The first-order valence-corrected chi connectivity index (χ1v) is 8.73. The van der Waals surface area contributed by atoms with Gasteiger partial charge in [0.05, 0.1) is 11.7 Å². The number of nitrogens with one attached hydrogen (secondary N) is 1. The monoisotopic (exact) mass is 324 g/mol. The Balaban J connectivity index is 2.10. The molecule has 1 unspecified atom stereocenters. The number of aromatic nitrogens is 1. The topological polar surface area (TPSA) is 79.3 Å². The molecular formula is C16H24N2O3S. The summed E-state index contributed by atoms with van der Waals surface area (Å²) in [7, 11) is 0. The third kappa shape index (κ3) is 3.32. The fourth-order valence-corrected chi connectivity index (χ4v) is 4.09. The molecule has 5 nitrogen and oxygen atoms in total. The second-order valence-corrected chi connectivity index (χ2v) is 7.19. The van der Waals surface area contributed by atoms with Gasteiger partial charge in [0.25, 0.3) is 0 Å². The van der Waals surface area contributed by atoms with Crippen LogP contribution in [0.15, 0.2) is 0 Å². The third-order valence-electron chi connectivity index (χ3n) is 4.69. The molecule has 0 aliphatic heterocycles. The van der Waals surface area contributed by atoms with Gasteiger partial charge in [-0.1, -0.05) is 26.2 Å². The highest BCUT2D eigenvalue weighted by Gasteiger charge is 2.38. The van der Waals surface area contributed by atoms with Crippen LogP contribution in [-0.4, -0.2) is 22.0 Å². The van der Waals surface area contributed by atoms with Gasteiger partial charge >= 0.3 is 5.97 Å². The van der Waals surface area contributed by atoms with Crippen molar-refractivity contribution >= 4 is 23.2 Å². The van der Waals surface area contributed by atoms with Crippen molar-refractivity contribution in [2.24, 2.45) is 5.41 Å². The molecular weight excluding hydrogens is 300 g/mol. The first kappa shape index (κ1) is 16.9. The minimum Gasteiger partial charge on any atom is -0.477 e. The molecule has 2 rings (SSSR count). The maximum atomic E-state index is 12.7. The number of amides is 1. The van der Waals surface area contributed by atoms with Gasteiger partial charge in [-0.15, -0.1) is 11.3 Å². The van der Waals surface area contributed by atoms with Gasteiger partial charge in [-0.25, -0.2) is 9.78 Å². The zero-order chi connectivity index (χ0) is 16.3. The van der Waals surface area contributed by atoms with Gasteiger partial charge in [0.1, 0.15) is 9.88 Å². The van der Waals surface area contributed by atoms with E-state index in [-0.39, 0.29) is 22.2 Å². The molecule has 0 spiro atoms. The summed E-state index contributed by atoms with van der Waals surface area (Å²) in [6.07, 6.45) is 6.16. The Labute approximate surface area is 135 Å². The van der Waals surface area contributed by atoms with Crippen molar-refractivity contribution in [2.45, 2.75) is 65.3 Å². The second kappa shape index (κ2) is 6.77. The van der Waals surface area contributed by atoms with Crippen LogP contribution in [-0.2, 0) is 4.79 Å². The van der Waals surface area contributed by atoms with Crippen LogP contribution >= 0.6 is 11.3 Å². The van der Waals surface area contributed by atoms with Gasteiger partial charge in [0.15, 0.2) is 0 Å². The molecule has 1 atom stereocenters. The molecule has 1 aliphatic rings. The first-order valence-electron chi connectivity index (χ1n) is 7.91. The van der Waals surface area contributed by atoms with Crippen LogP contribution in [0.4, 0.5) is 0 Å². The average molecular weight is 324 g/mol. The van der Waals surface area contributed by atoms with E-state index < -0.39 is 5.97 Å². The summed E-state index contributed by atoms with van der Waals surface area (Å²) in [5.74, 6) is -0.871. The van der Waals surface area contributed by atoms with Crippen LogP contribution < -0.4 is 5.32 Å². The molecule has 2 N–H and O–H groups in total. The van der Waals surface area contributed by atoms with Crippen LogP contribution in [0.2, 0.25) is 0 Å². The van der Waals surface area contributed by atoms with Gasteiger partial charge in [-0.2, -0.15) is 0 Å². The van der Waals surface area contributed by atoms with Crippen molar-refractivity contribution in [3.05, 3.63) is 15.6 Å². The first-order chi connectivity index (χ1) is 10.4. The third-order valence-corrected chi connectivity index (χ3v) is 6.02. The molecule has 1 aromatic heterocycles. The van der Waals surface area contributed by atoms with E-state index in [1.54, 1.807) is 6.92 Å². The molecule has 0 bridgehead atoms. The lowest BCUT2D eigenvalue weighted by Gasteiger charge is -2.35. The highest BCUT2D eigenvalue weighted by Crippen LogP contribution is 2.40. The number of carboxylic acids is 1. The largest absolute Gasteiger partial charge is 0.477 e. The Kier molecular flexibility index (Phi) is 5.21. The maximum absolute atomic E-state index is 12.7. The number of carboxylic acid groups (broad SMARTS) is 1. The molecule has 22 heavy (non-hydrogen) atoms. The van der Waals surface area contributed by atoms with E-state index in [9.17, 15) is 9.59 Å². The zero-order valence-corrected chi connectivity index (χ0v) is 14.3. The van der Waals surface area contributed by atoms with E-state index in [2.05, 4.69) is 17.2 Å². The second-order valence-electron chi connectivity index (χ2n) is 6.16. The van der Waals surface area contributed by atoms with Crippen LogP contribution in [0, 0.1) is 12.3 Å². The summed E-state index contributed by atoms with van der Waals surface area (Å²) in [4.78, 5) is 28.4. The molecule has 6 heteroatoms. The summed E-state index contributed by atoms with van der Waals surface area (Å²) in [6, 6.07) is -0.255. The number of aryl methyl sites for hydroxylation is 1. The van der Waals surface area contributed by atoms with E-state index in [1.165, 1.54) is 6.42 Å². The average Bonchev–Trinajstić information content (AvgIpc) is 2.90. The predicted octanol–water partition coefficient (Wildman–Crippen LogP) is 3.69. The quantitative estimate of drug-likeness (QED) is 0.866. The summed E-state index contributed by atoms with van der Waals surface area (Å²) in [6.45, 7) is 5.63. The zero-order valence-electron chi connectivity index (χ0n) is 13.4. The summed E-state index contributed by atoms with van der Waals surface area (Å²) in [5, 5.41) is 12.8. The SMILES string of the molecule is CCC1(C(=O)NC(C)c2nc(C)c(C(=O)O)s2)CCCCC1. The van der Waals surface area contributed by atoms with E-state index in [1.807, 2.05) is 6.92 Å². The number of thiazole rings is 1. The Morgan fingerprint density at radius 2 is 2.00 bits per heavy atom. The number of rotatable bonds is 5. The molecule has 1 amide bonds. The molecule has 0 radical (unpaired) electrons. The van der Waals surface area contributed by atoms with Crippen LogP contribution in [0.25, 0.3) is 0 Å². The number of carbonyl (C=O) groups excluding carboxylic acids is 1. The highest BCUT2D eigenvalue weighted by molar-refractivity contribution is 7.13. The molecule has 0 aromatic carbocycles. The number of hydrogen-bond donors (Lipinski definition) is 2. The minimum atomic E-state index is -0.961. The van der Waals surface area contributed by atoms with E-state index in [4.69, 9.17) is 5.11 Å². The lowest BCUT2D eigenvalue weighted by atomic mass is 9.71. The van der Waals surface area contributed by atoms with E-state index in [0.29, 0.717) is 10.7 Å². The molecule has 1 aromatic rings. The fourth-order valence-electron chi connectivity index (χ4n) is 3.18. The summed E-state index contributed by atoms with van der Waals surface area (Å²) >= 11 is 1.15. The van der Waals surface area contributed by atoms with E-state index in [0.717, 1.165) is 43.4 Å². The Hall–Kier alpha value is -1.43. The predicted molar refractivity (Wildman–Crippen MR) is 86.2 cm³/mol. The van der Waals surface area contributed by atoms with Gasteiger partial charge in [0.2, 0.25) is 5.91 Å². The molecule has 1 fully saturated rings. The maximum Gasteiger partial charge on any atom is 0.347 e. The van der Waals surface area contributed by atoms with Gasteiger partial charge in [-0.05, 0) is 33.1 Å². The standard InChI is InChI=1S/C16H24N2O3S/c1-4-16(8-6-5-7-9-16)15(21)18-11(3)13-17-10(2)12(22-13)14(19)20/h11H,4-9H2,1-3H3,(H,18,21)(H,19,20). The van der Waals surface area contributed by atoms with Crippen molar-refractivity contribution in [1.82, 2.24) is 10.3 Å². The van der Waals surface area contributed by atoms with Crippen LogP contribution in [0.3, 0.4) is 0 Å². The Morgan fingerprint density at radius 3 is 2.50 bits per heavy atom. The lowest BCUT2D eigenvalue weighted by molar-refractivity contribution is -0.134. The molecule has 0 saturated heterocycles. The molecule has 1 heterocycles. The molecule has 122 valence electrons. The number of carbonyl (C=O) groups is 2. The summed E-state index contributed by atoms with van der Waals surface area (Å²) < 4.78 is 0. The highest BCUT2D eigenvalue weighted by atomic mass is 32.1. The lowest BCUT2D eigenvalue weighted by Crippen LogP contribution is -2.42. The van der Waals surface area contributed by atoms with Crippen molar-refractivity contribution in [3.8, 4) is 0 Å². The summed E-state index contributed by atoms with van der Waals surface area (Å²) in [5.41, 5.74) is 0.255. The van der Waals surface area contributed by atoms with Crippen molar-refractivity contribution in [2.75, 3.05) is 0 Å². The van der Waals surface area contributed by atoms with Crippen LogP contribution in [0.1, 0.15) is 78.8 Å². The van der Waals surface area contributed by atoms with Gasteiger partial charge in [0, 0.05) is 5.41 Å². The minimum absolute atomic E-state index is 0.0897. The smallest absolute Gasteiger partial charge is 0.347 e. The molecule has 1 saturated carbocycles. The van der Waals surface area contributed by atoms with Crippen molar-refractivity contribution in [3.63, 3.8) is 0 Å².